The van der Waals surface area contributed by atoms with Crippen LogP contribution in [0.1, 0.15) is 42.5 Å². The molecule has 1 aliphatic rings. The van der Waals surface area contributed by atoms with E-state index >= 15 is 0 Å². The zero-order valence-electron chi connectivity index (χ0n) is 20.4. The fourth-order valence-electron chi connectivity index (χ4n) is 4.02. The predicted octanol–water partition coefficient (Wildman–Crippen LogP) is 4.46. The molecule has 0 radical (unpaired) electrons. The molecule has 3 rings (SSSR count). The average Bonchev–Trinajstić information content (AvgIpc) is 3.06. The molecule has 0 bridgehead atoms. The van der Waals surface area contributed by atoms with E-state index in [1.165, 1.54) is 31.3 Å². The fraction of sp³-hybridized carbons (Fsp3) is 0.385. The van der Waals surface area contributed by atoms with Gasteiger partial charge in [-0.15, -0.1) is 0 Å². The van der Waals surface area contributed by atoms with Gasteiger partial charge in [0.25, 0.3) is 11.7 Å². The van der Waals surface area contributed by atoms with Crippen molar-refractivity contribution in [3.8, 4) is 11.5 Å². The lowest BCUT2D eigenvalue weighted by molar-refractivity contribution is -0.140. The second kappa shape index (κ2) is 10.5. The van der Waals surface area contributed by atoms with Gasteiger partial charge in [0.15, 0.2) is 0 Å². The number of aliphatic hydroxyl groups excluding tert-OH is 1. The Morgan fingerprint density at radius 3 is 2.24 bits per heavy atom. The Hall–Kier alpha value is -3.03. The number of ketones is 1. The van der Waals surface area contributed by atoms with E-state index < -0.39 is 17.7 Å². The summed E-state index contributed by atoms with van der Waals surface area (Å²) in [6.45, 7) is 5.08. The molecular weight excluding hydrogens is 456 g/mol. The molecule has 2 aromatic rings. The molecule has 1 atom stereocenters. The van der Waals surface area contributed by atoms with Crippen molar-refractivity contribution < 1.29 is 24.2 Å². The number of carbonyl (C=O) groups excluding carboxylic acids is 2. The largest absolute Gasteiger partial charge is 0.507 e. The maximum absolute atomic E-state index is 13.2. The summed E-state index contributed by atoms with van der Waals surface area (Å²) in [6, 6.07) is 10.0. The lowest BCUT2D eigenvalue weighted by Crippen LogP contribution is -2.35. The first-order chi connectivity index (χ1) is 16.1. The molecule has 0 spiro atoms. The predicted molar refractivity (Wildman–Crippen MR) is 133 cm³/mol. The highest BCUT2D eigenvalue weighted by molar-refractivity contribution is 6.46. The van der Waals surface area contributed by atoms with Crippen LogP contribution in [0.4, 0.5) is 0 Å². The molecule has 182 valence electrons. The van der Waals surface area contributed by atoms with Crippen LogP contribution in [0.3, 0.4) is 0 Å². The molecule has 1 unspecified atom stereocenters. The topological polar surface area (TPSA) is 79.3 Å². The van der Waals surface area contributed by atoms with Gasteiger partial charge in [-0.2, -0.15) is 0 Å². The van der Waals surface area contributed by atoms with Crippen LogP contribution >= 0.6 is 11.6 Å². The van der Waals surface area contributed by atoms with Crippen LogP contribution in [0.15, 0.2) is 42.0 Å². The third-order valence-corrected chi connectivity index (χ3v) is 6.27. The van der Waals surface area contributed by atoms with E-state index in [4.69, 9.17) is 21.1 Å². The number of nitrogens with zero attached hydrogens (tertiary/aromatic N) is 2. The summed E-state index contributed by atoms with van der Waals surface area (Å²) in [6.07, 6.45) is 0. The molecule has 1 N–H and O–H groups in total. The monoisotopic (exact) mass is 486 g/mol. The van der Waals surface area contributed by atoms with E-state index in [0.29, 0.717) is 24.8 Å². The third-order valence-electron chi connectivity index (χ3n) is 5.98. The molecule has 1 heterocycles. The van der Waals surface area contributed by atoms with Gasteiger partial charge in [0.2, 0.25) is 0 Å². The molecular formula is C26H31ClN2O5. The number of methoxy groups -OCH3 is 2. The standard InChI is InChI=1S/C26H31ClN2O5/c1-15(2)16-7-9-17(10-8-16)23-22(25(31)26(32)29(23)12-11-28(3)4)24(30)18-13-19(27)21(34-6)14-20(18)33-5/h7-10,13-15,23,30H,11-12H2,1-6H3/b24-22+. The van der Waals surface area contributed by atoms with Crippen molar-refractivity contribution in [2.45, 2.75) is 25.8 Å². The molecule has 0 saturated carbocycles. The van der Waals surface area contributed by atoms with Gasteiger partial charge in [-0.3, -0.25) is 9.59 Å². The summed E-state index contributed by atoms with van der Waals surface area (Å²) in [5.41, 5.74) is 2.09. The van der Waals surface area contributed by atoms with E-state index in [0.717, 1.165) is 11.1 Å². The van der Waals surface area contributed by atoms with Crippen molar-refractivity contribution in [2.24, 2.45) is 0 Å². The van der Waals surface area contributed by atoms with Crippen LogP contribution in [-0.4, -0.2) is 68.0 Å². The van der Waals surface area contributed by atoms with Crippen molar-refractivity contribution >= 4 is 29.1 Å². The Bertz CT molecular complexity index is 1110. The number of rotatable bonds is 8. The Morgan fingerprint density at radius 1 is 1.09 bits per heavy atom. The van der Waals surface area contributed by atoms with Gasteiger partial charge < -0.3 is 24.4 Å². The second-order valence-electron chi connectivity index (χ2n) is 8.80. The number of amides is 1. The number of Topliss-reactive ketones (excluding diaryl/α,β-unsaturated/α-hetero) is 1. The van der Waals surface area contributed by atoms with Crippen LogP contribution in [0.2, 0.25) is 5.02 Å². The summed E-state index contributed by atoms with van der Waals surface area (Å²) in [5, 5.41) is 11.6. The van der Waals surface area contributed by atoms with Gasteiger partial charge in [0.1, 0.15) is 17.3 Å². The molecule has 1 fully saturated rings. The molecule has 1 aliphatic heterocycles. The zero-order chi connectivity index (χ0) is 25.2. The van der Waals surface area contributed by atoms with Gasteiger partial charge in [0.05, 0.1) is 36.4 Å². The number of carbonyl (C=O) groups is 2. The van der Waals surface area contributed by atoms with Gasteiger partial charge in [-0.25, -0.2) is 0 Å². The number of likely N-dealkylation sites (tertiary alicyclic amines) is 1. The van der Waals surface area contributed by atoms with Gasteiger partial charge in [-0.1, -0.05) is 49.7 Å². The SMILES string of the molecule is COc1cc(OC)c(/C(O)=C2\C(=O)C(=O)N(CCN(C)C)C2c2ccc(C(C)C)cc2)cc1Cl. The van der Waals surface area contributed by atoms with E-state index in [1.54, 1.807) is 0 Å². The van der Waals surface area contributed by atoms with Crippen molar-refractivity contribution in [2.75, 3.05) is 41.4 Å². The maximum Gasteiger partial charge on any atom is 0.295 e. The highest BCUT2D eigenvalue weighted by Crippen LogP contribution is 2.43. The first-order valence-electron chi connectivity index (χ1n) is 11.1. The molecule has 0 aromatic heterocycles. The number of hydrogen-bond donors (Lipinski definition) is 1. The Balaban J connectivity index is 2.21. The van der Waals surface area contributed by atoms with Crippen molar-refractivity contribution in [1.29, 1.82) is 0 Å². The van der Waals surface area contributed by atoms with E-state index in [2.05, 4.69) is 13.8 Å². The summed E-state index contributed by atoms with van der Waals surface area (Å²) in [5.74, 6) is -0.775. The number of benzene rings is 2. The fourth-order valence-corrected chi connectivity index (χ4v) is 4.26. The summed E-state index contributed by atoms with van der Waals surface area (Å²) < 4.78 is 10.7. The van der Waals surface area contributed by atoms with E-state index in [-0.39, 0.29) is 27.7 Å². The Kier molecular flexibility index (Phi) is 7.89. The quantitative estimate of drug-likeness (QED) is 0.337. The number of ether oxygens (including phenoxy) is 2. The summed E-state index contributed by atoms with van der Waals surface area (Å²) in [7, 11) is 6.70. The van der Waals surface area contributed by atoms with Crippen molar-refractivity contribution in [3.63, 3.8) is 0 Å². The van der Waals surface area contributed by atoms with Gasteiger partial charge in [-0.05, 0) is 37.2 Å². The first-order valence-corrected chi connectivity index (χ1v) is 11.4. The minimum Gasteiger partial charge on any atom is -0.507 e. The number of aliphatic hydroxyl groups is 1. The van der Waals surface area contributed by atoms with Gasteiger partial charge in [0, 0.05) is 19.2 Å². The Labute approximate surface area is 205 Å². The normalized spacial score (nSPS) is 17.7. The minimum absolute atomic E-state index is 0.000543. The minimum atomic E-state index is -0.747. The molecule has 7 nitrogen and oxygen atoms in total. The molecule has 34 heavy (non-hydrogen) atoms. The van der Waals surface area contributed by atoms with E-state index in [9.17, 15) is 14.7 Å². The highest BCUT2D eigenvalue weighted by Gasteiger charge is 2.46. The lowest BCUT2D eigenvalue weighted by atomic mass is 9.93. The number of halogens is 1. The lowest BCUT2D eigenvalue weighted by Gasteiger charge is -2.27. The van der Waals surface area contributed by atoms with Crippen LogP contribution in [0, 0.1) is 0 Å². The van der Waals surface area contributed by atoms with Crippen LogP contribution in [0.5, 0.6) is 11.5 Å². The average molecular weight is 487 g/mol. The number of hydrogen-bond acceptors (Lipinski definition) is 6. The molecule has 2 aromatic carbocycles. The second-order valence-corrected chi connectivity index (χ2v) is 9.21. The van der Waals surface area contributed by atoms with Crippen LogP contribution in [-0.2, 0) is 9.59 Å². The van der Waals surface area contributed by atoms with Crippen molar-refractivity contribution in [3.05, 3.63) is 63.7 Å². The van der Waals surface area contributed by atoms with Crippen LogP contribution < -0.4 is 9.47 Å². The molecule has 8 heteroatoms. The smallest absolute Gasteiger partial charge is 0.295 e. The van der Waals surface area contributed by atoms with Crippen molar-refractivity contribution in [1.82, 2.24) is 9.80 Å². The Morgan fingerprint density at radius 2 is 1.71 bits per heavy atom. The third kappa shape index (κ3) is 4.91. The summed E-state index contributed by atoms with van der Waals surface area (Å²) in [4.78, 5) is 29.7. The molecule has 1 saturated heterocycles. The first kappa shape index (κ1) is 25.6. The highest BCUT2D eigenvalue weighted by atomic mass is 35.5. The molecule has 1 amide bonds. The van der Waals surface area contributed by atoms with E-state index in [1.807, 2.05) is 43.3 Å². The number of likely N-dealkylation sites (N-methyl/N-ethyl adjacent to an activating group) is 1. The van der Waals surface area contributed by atoms with Crippen LogP contribution in [0.25, 0.3) is 5.76 Å². The summed E-state index contributed by atoms with van der Waals surface area (Å²) >= 11 is 6.31. The zero-order valence-corrected chi connectivity index (χ0v) is 21.1. The van der Waals surface area contributed by atoms with Gasteiger partial charge >= 0.3 is 0 Å². The maximum atomic E-state index is 13.2. The molecule has 0 aliphatic carbocycles.